The predicted molar refractivity (Wildman–Crippen MR) is 200 cm³/mol. The van der Waals surface area contributed by atoms with Gasteiger partial charge in [0.05, 0.1) is 26.7 Å². The van der Waals surface area contributed by atoms with Crippen LogP contribution in [-0.4, -0.2) is 63.2 Å². The van der Waals surface area contributed by atoms with Gasteiger partial charge in [-0.05, 0) is 56.5 Å². The number of carbonyl (C=O) groups is 2. The van der Waals surface area contributed by atoms with Crippen molar-refractivity contribution in [2.75, 3.05) is 38.4 Å². The van der Waals surface area contributed by atoms with Crippen LogP contribution < -0.4 is 30.8 Å². The minimum atomic E-state index is -0.525. The molecule has 1 fully saturated rings. The fourth-order valence-corrected chi connectivity index (χ4v) is 6.72. The van der Waals surface area contributed by atoms with Gasteiger partial charge in [-0.15, -0.1) is 0 Å². The Labute approximate surface area is 313 Å². The third-order valence-corrected chi connectivity index (χ3v) is 9.62. The summed E-state index contributed by atoms with van der Waals surface area (Å²) in [6.07, 6.45) is 1.86. The Morgan fingerprint density at radius 2 is 1.81 bits per heavy atom. The van der Waals surface area contributed by atoms with Gasteiger partial charge in [-0.25, -0.2) is 19.1 Å². The van der Waals surface area contributed by atoms with Gasteiger partial charge in [-0.2, -0.15) is 0 Å². The van der Waals surface area contributed by atoms with Crippen LogP contribution in [0.15, 0.2) is 60.7 Å². The van der Waals surface area contributed by atoms with E-state index < -0.39 is 5.91 Å². The Morgan fingerprint density at radius 3 is 2.55 bits per heavy atom. The van der Waals surface area contributed by atoms with Crippen molar-refractivity contribution >= 4 is 46.1 Å². The van der Waals surface area contributed by atoms with Crippen molar-refractivity contribution in [1.29, 1.82) is 0 Å². The number of amides is 2. The number of halogens is 1. The third-order valence-electron chi connectivity index (χ3n) is 9.34. The molecular formula is C38H45ClN9O5+. The number of carbonyl (C=O) groups excluding carboxylic acids is 2. The highest BCUT2D eigenvalue weighted by atomic mass is 35.5. The molecule has 6 rings (SSSR count). The van der Waals surface area contributed by atoms with Crippen LogP contribution in [0.4, 0.5) is 11.6 Å². The Balaban J connectivity index is 1.26. The molecule has 5 N–H and O–H groups in total. The Morgan fingerprint density at radius 1 is 1.04 bits per heavy atom. The number of methoxy groups -OCH3 is 1. The molecule has 0 spiro atoms. The Bertz CT molecular complexity index is 2090. The molecule has 15 heteroatoms. The van der Waals surface area contributed by atoms with Gasteiger partial charge < -0.3 is 35.9 Å². The molecule has 53 heavy (non-hydrogen) atoms. The topological polar surface area (TPSA) is 177 Å². The van der Waals surface area contributed by atoms with E-state index in [9.17, 15) is 9.59 Å². The molecule has 5 aromatic rings. The molecule has 4 heterocycles. The highest BCUT2D eigenvalue weighted by molar-refractivity contribution is 6.31. The van der Waals surface area contributed by atoms with Crippen LogP contribution in [0.1, 0.15) is 53.0 Å². The summed E-state index contributed by atoms with van der Waals surface area (Å²) < 4.78 is 21.8. The molecule has 2 amide bonds. The second-order valence-electron chi connectivity index (χ2n) is 12.9. The fourth-order valence-electron chi connectivity index (χ4n) is 6.60. The largest absolute Gasteiger partial charge is 0.495 e. The van der Waals surface area contributed by atoms with Crippen molar-refractivity contribution in [1.82, 2.24) is 29.7 Å². The SMILES string of the molecule is CCn1c(CNC(=O)c2nc(Cl)c(N)nc2N)[n+](CC2CCOCC2)c2ccc(OCC(=O)N(Cc3ccccc3)Cc3nc(C)ccc3OC)cc21. The molecule has 1 aliphatic heterocycles. The van der Waals surface area contributed by atoms with Gasteiger partial charge in [-0.1, -0.05) is 41.9 Å². The monoisotopic (exact) mass is 742 g/mol. The van der Waals surface area contributed by atoms with Gasteiger partial charge in [0, 0.05) is 37.4 Å². The van der Waals surface area contributed by atoms with Crippen LogP contribution in [0.3, 0.4) is 0 Å². The summed E-state index contributed by atoms with van der Waals surface area (Å²) in [6.45, 7) is 7.32. The zero-order valence-electron chi connectivity index (χ0n) is 30.2. The summed E-state index contributed by atoms with van der Waals surface area (Å²) in [5.74, 6) is 1.54. The average molecular weight is 743 g/mol. The zero-order chi connectivity index (χ0) is 37.5. The van der Waals surface area contributed by atoms with Gasteiger partial charge >= 0.3 is 0 Å². The summed E-state index contributed by atoms with van der Waals surface area (Å²) in [5, 5.41) is 2.86. The number of nitrogens with two attached hydrogens (primary N) is 2. The van der Waals surface area contributed by atoms with E-state index in [2.05, 4.69) is 29.4 Å². The van der Waals surface area contributed by atoms with E-state index in [0.29, 0.717) is 49.4 Å². The molecule has 0 radical (unpaired) electrons. The smallest absolute Gasteiger partial charge is 0.277 e. The molecule has 1 aliphatic rings. The normalized spacial score (nSPS) is 13.2. The van der Waals surface area contributed by atoms with Crippen LogP contribution in [0.5, 0.6) is 11.5 Å². The molecule has 2 aromatic carbocycles. The van der Waals surface area contributed by atoms with E-state index in [1.807, 2.05) is 74.5 Å². The second-order valence-corrected chi connectivity index (χ2v) is 13.3. The van der Waals surface area contributed by atoms with Crippen LogP contribution in [-0.2, 0) is 42.3 Å². The molecule has 0 unspecified atom stereocenters. The maximum Gasteiger partial charge on any atom is 0.277 e. The number of nitrogen functional groups attached to an aromatic ring is 2. The molecule has 3 aromatic heterocycles. The van der Waals surface area contributed by atoms with E-state index in [-0.39, 0.29) is 48.1 Å². The maximum absolute atomic E-state index is 13.8. The highest BCUT2D eigenvalue weighted by Crippen LogP contribution is 2.25. The molecule has 0 bridgehead atoms. The molecule has 1 saturated heterocycles. The lowest BCUT2D eigenvalue weighted by Gasteiger charge is -2.24. The first-order valence-electron chi connectivity index (χ1n) is 17.6. The predicted octanol–water partition coefficient (Wildman–Crippen LogP) is 4.23. The van der Waals surface area contributed by atoms with Gasteiger partial charge in [0.1, 0.15) is 23.7 Å². The lowest BCUT2D eigenvalue weighted by molar-refractivity contribution is -0.687. The van der Waals surface area contributed by atoms with Crippen LogP contribution in [0, 0.1) is 12.8 Å². The number of ether oxygens (including phenoxy) is 3. The van der Waals surface area contributed by atoms with Crippen molar-refractivity contribution in [3.8, 4) is 11.5 Å². The number of hydrogen-bond donors (Lipinski definition) is 3. The minimum Gasteiger partial charge on any atom is -0.495 e. The number of aryl methyl sites for hydroxylation is 2. The number of rotatable bonds is 14. The van der Waals surface area contributed by atoms with E-state index in [1.54, 1.807) is 12.0 Å². The maximum atomic E-state index is 13.8. The van der Waals surface area contributed by atoms with Gasteiger partial charge in [0.2, 0.25) is 0 Å². The van der Waals surface area contributed by atoms with Crippen molar-refractivity contribution in [3.05, 3.63) is 94.3 Å². The number of anilines is 2. The first kappa shape index (κ1) is 37.3. The molecule has 14 nitrogen and oxygen atoms in total. The van der Waals surface area contributed by atoms with Gasteiger partial charge in [-0.3, -0.25) is 14.6 Å². The number of fused-ring (bicyclic) bond motifs is 1. The first-order valence-corrected chi connectivity index (χ1v) is 18.0. The summed E-state index contributed by atoms with van der Waals surface area (Å²) in [6, 6.07) is 19.4. The van der Waals surface area contributed by atoms with E-state index in [0.717, 1.165) is 47.5 Å². The van der Waals surface area contributed by atoms with Crippen LogP contribution >= 0.6 is 11.6 Å². The third kappa shape index (κ3) is 8.78. The van der Waals surface area contributed by atoms with Crippen molar-refractivity contribution < 1.29 is 28.4 Å². The number of nitrogens with zero attached hydrogens (tertiary/aromatic N) is 6. The quantitative estimate of drug-likeness (QED) is 0.140. The number of benzene rings is 2. The highest BCUT2D eigenvalue weighted by Gasteiger charge is 2.29. The Hall–Kier alpha value is -5.47. The average Bonchev–Trinajstić information content (AvgIpc) is 3.45. The Kier molecular flexibility index (Phi) is 11.9. The molecule has 278 valence electrons. The number of aromatic nitrogens is 5. The number of nitrogens with one attached hydrogen (secondary N) is 1. The minimum absolute atomic E-state index is 0.0479. The van der Waals surface area contributed by atoms with Gasteiger partial charge in [0.15, 0.2) is 40.1 Å². The van der Waals surface area contributed by atoms with E-state index >= 15 is 0 Å². The molecule has 0 saturated carbocycles. The number of imidazole rings is 1. The first-order chi connectivity index (χ1) is 25.6. The van der Waals surface area contributed by atoms with Crippen molar-refractivity contribution in [2.45, 2.75) is 59.4 Å². The van der Waals surface area contributed by atoms with Crippen molar-refractivity contribution in [3.63, 3.8) is 0 Å². The molecule has 0 aliphatic carbocycles. The standard InChI is InChI=1S/C38H44ClN9O5/c1-4-47-30-18-27(53-23-33(49)46(20-25-8-6-5-7-9-25)22-28-31(51-3)13-10-24(2)43-28)11-12-29(30)48(21-26-14-16-52-17-15-26)32(47)19-42-38(50)34-36(40)45-37(41)35(39)44-34/h5-13,18,26H,4,14-17,19-23H2,1-3H3,(H4-,40,41,42,45,50)/p+1. The zero-order valence-corrected chi connectivity index (χ0v) is 30.9. The second kappa shape index (κ2) is 16.9. The van der Waals surface area contributed by atoms with Crippen molar-refractivity contribution in [2.24, 2.45) is 5.92 Å². The van der Waals surface area contributed by atoms with Crippen LogP contribution in [0.25, 0.3) is 11.0 Å². The lowest BCUT2D eigenvalue weighted by Crippen LogP contribution is -2.44. The van der Waals surface area contributed by atoms with Gasteiger partial charge in [0.25, 0.3) is 17.6 Å². The summed E-state index contributed by atoms with van der Waals surface area (Å²) in [4.78, 5) is 41.5. The molecular weight excluding hydrogens is 698 g/mol. The fraction of sp³-hybridized carbons (Fsp3) is 0.368. The number of pyridine rings is 1. The summed E-state index contributed by atoms with van der Waals surface area (Å²) in [5.41, 5.74) is 15.9. The lowest BCUT2D eigenvalue weighted by atomic mass is 10.0. The molecule has 0 atom stereocenters. The number of hydrogen-bond acceptors (Lipinski definition) is 10. The van der Waals surface area contributed by atoms with E-state index in [1.165, 1.54) is 0 Å². The van der Waals surface area contributed by atoms with E-state index in [4.69, 9.17) is 37.3 Å². The summed E-state index contributed by atoms with van der Waals surface area (Å²) >= 11 is 6.05. The summed E-state index contributed by atoms with van der Waals surface area (Å²) in [7, 11) is 1.59. The van der Waals surface area contributed by atoms with Crippen LogP contribution in [0.2, 0.25) is 5.15 Å².